The summed E-state index contributed by atoms with van der Waals surface area (Å²) in [7, 11) is 4.28. The molecule has 26 heavy (non-hydrogen) atoms. The predicted octanol–water partition coefficient (Wildman–Crippen LogP) is 2.32. The molecule has 0 bridgehead atoms. The average molecular weight is 493 g/mol. The van der Waals surface area contributed by atoms with Crippen LogP contribution in [-0.4, -0.2) is 79.6 Å². The number of likely N-dealkylation sites (N-methyl/N-ethyl adjacent to an activating group) is 1. The van der Waals surface area contributed by atoms with Crippen molar-refractivity contribution in [3.05, 3.63) is 30.1 Å². The number of nitrogens with two attached hydrogens (primary N) is 1. The van der Waals surface area contributed by atoms with E-state index in [4.69, 9.17) is 10.7 Å². The standard InChI is InChI=1S/C18H28FN5S.HI/c1-22(2)18(7-12-25-14-18)13-21-17(20)24-10-8-23(9-11-24)16-5-3-15(19)4-6-16;/h3-6H,7-14H2,1-2H3,(H2,20,21);1H. The molecule has 0 aromatic heterocycles. The van der Waals surface area contributed by atoms with Crippen LogP contribution >= 0.6 is 35.7 Å². The number of halogens is 2. The van der Waals surface area contributed by atoms with E-state index in [0.717, 1.165) is 44.2 Å². The van der Waals surface area contributed by atoms with Crippen molar-refractivity contribution in [1.82, 2.24) is 9.80 Å². The van der Waals surface area contributed by atoms with Crippen LogP contribution in [0.5, 0.6) is 0 Å². The van der Waals surface area contributed by atoms with Crippen molar-refractivity contribution in [2.24, 2.45) is 10.7 Å². The van der Waals surface area contributed by atoms with Crippen LogP contribution in [0, 0.1) is 5.82 Å². The number of hydrogen-bond acceptors (Lipinski definition) is 4. The smallest absolute Gasteiger partial charge is 0.191 e. The van der Waals surface area contributed by atoms with Crippen LogP contribution in [0.4, 0.5) is 10.1 Å². The Balaban J connectivity index is 0.00000243. The van der Waals surface area contributed by atoms with Gasteiger partial charge in [0.05, 0.1) is 6.54 Å². The molecule has 2 fully saturated rings. The first-order valence-electron chi connectivity index (χ1n) is 8.81. The molecule has 2 heterocycles. The van der Waals surface area contributed by atoms with Crippen LogP contribution in [0.15, 0.2) is 29.3 Å². The van der Waals surface area contributed by atoms with Gasteiger partial charge in [-0.15, -0.1) is 24.0 Å². The van der Waals surface area contributed by atoms with Gasteiger partial charge in [-0.25, -0.2) is 4.39 Å². The Morgan fingerprint density at radius 2 is 1.88 bits per heavy atom. The van der Waals surface area contributed by atoms with Crippen LogP contribution < -0.4 is 10.6 Å². The van der Waals surface area contributed by atoms with Gasteiger partial charge in [0, 0.05) is 43.2 Å². The Morgan fingerprint density at radius 1 is 1.23 bits per heavy atom. The van der Waals surface area contributed by atoms with Crippen molar-refractivity contribution < 1.29 is 4.39 Å². The SMILES string of the molecule is CN(C)C1(CN=C(N)N2CCN(c3ccc(F)cc3)CC2)CCSC1.I. The van der Waals surface area contributed by atoms with Crippen molar-refractivity contribution in [2.75, 3.05) is 63.2 Å². The lowest BCUT2D eigenvalue weighted by Crippen LogP contribution is -2.52. The third kappa shape index (κ3) is 4.95. The number of rotatable bonds is 4. The first-order valence-corrected chi connectivity index (χ1v) is 9.96. The van der Waals surface area contributed by atoms with Gasteiger partial charge < -0.3 is 20.4 Å². The topological polar surface area (TPSA) is 48.1 Å². The minimum absolute atomic E-state index is 0. The first-order chi connectivity index (χ1) is 12.0. The number of piperazine rings is 1. The molecule has 0 amide bonds. The van der Waals surface area contributed by atoms with Gasteiger partial charge in [0.25, 0.3) is 0 Å². The minimum Gasteiger partial charge on any atom is -0.370 e. The molecule has 5 nitrogen and oxygen atoms in total. The highest BCUT2D eigenvalue weighted by molar-refractivity contribution is 14.0. The molecule has 0 saturated carbocycles. The lowest BCUT2D eigenvalue weighted by molar-refractivity contribution is 0.189. The number of aliphatic imine (C=N–C) groups is 1. The summed E-state index contributed by atoms with van der Waals surface area (Å²) in [5.74, 6) is 2.77. The van der Waals surface area contributed by atoms with E-state index in [1.807, 2.05) is 23.9 Å². The summed E-state index contributed by atoms with van der Waals surface area (Å²) in [6.07, 6.45) is 1.17. The second-order valence-electron chi connectivity index (χ2n) is 7.05. The third-order valence-electron chi connectivity index (χ3n) is 5.36. The highest BCUT2D eigenvalue weighted by Gasteiger charge is 2.36. The summed E-state index contributed by atoms with van der Waals surface area (Å²) in [5, 5.41) is 0. The van der Waals surface area contributed by atoms with Gasteiger partial charge in [-0.3, -0.25) is 4.99 Å². The number of guanidine groups is 1. The van der Waals surface area contributed by atoms with Crippen molar-refractivity contribution in [3.8, 4) is 0 Å². The van der Waals surface area contributed by atoms with E-state index in [2.05, 4.69) is 28.8 Å². The fraction of sp³-hybridized carbons (Fsp3) is 0.611. The van der Waals surface area contributed by atoms with Gasteiger partial charge in [0.15, 0.2) is 5.96 Å². The second kappa shape index (κ2) is 9.45. The van der Waals surface area contributed by atoms with Crippen LogP contribution in [0.25, 0.3) is 0 Å². The van der Waals surface area contributed by atoms with Crippen LogP contribution in [0.3, 0.4) is 0 Å². The van der Waals surface area contributed by atoms with E-state index in [0.29, 0.717) is 5.96 Å². The van der Waals surface area contributed by atoms with E-state index < -0.39 is 0 Å². The average Bonchev–Trinajstić information content (AvgIpc) is 3.11. The fourth-order valence-corrected chi connectivity index (χ4v) is 4.93. The maximum Gasteiger partial charge on any atom is 0.191 e. The molecule has 0 spiro atoms. The zero-order valence-electron chi connectivity index (χ0n) is 15.5. The third-order valence-corrected chi connectivity index (χ3v) is 6.60. The monoisotopic (exact) mass is 493 g/mol. The second-order valence-corrected chi connectivity index (χ2v) is 8.15. The summed E-state index contributed by atoms with van der Waals surface area (Å²) >= 11 is 2.00. The molecule has 2 aliphatic rings. The molecule has 0 radical (unpaired) electrons. The summed E-state index contributed by atoms with van der Waals surface area (Å²) in [4.78, 5) is 11.5. The zero-order valence-corrected chi connectivity index (χ0v) is 18.7. The fourth-order valence-electron chi connectivity index (χ4n) is 3.39. The number of nitrogens with zero attached hydrogens (tertiary/aromatic N) is 4. The van der Waals surface area contributed by atoms with Crippen molar-refractivity contribution in [2.45, 2.75) is 12.0 Å². The Kier molecular flexibility index (Phi) is 7.84. The van der Waals surface area contributed by atoms with E-state index in [1.54, 1.807) is 0 Å². The Morgan fingerprint density at radius 3 is 2.42 bits per heavy atom. The quantitative estimate of drug-likeness (QED) is 0.397. The molecular weight excluding hydrogens is 464 g/mol. The lowest BCUT2D eigenvalue weighted by atomic mass is 9.98. The molecule has 3 rings (SSSR count). The zero-order chi connectivity index (χ0) is 17.9. The lowest BCUT2D eigenvalue weighted by Gasteiger charge is -2.38. The van der Waals surface area contributed by atoms with Crippen molar-refractivity contribution in [1.29, 1.82) is 0 Å². The maximum absolute atomic E-state index is 13.1. The van der Waals surface area contributed by atoms with E-state index in [-0.39, 0.29) is 35.3 Å². The molecule has 1 atom stereocenters. The van der Waals surface area contributed by atoms with E-state index in [1.165, 1.54) is 24.3 Å². The molecule has 2 aliphatic heterocycles. The summed E-state index contributed by atoms with van der Waals surface area (Å²) in [6.45, 7) is 4.19. The van der Waals surface area contributed by atoms with Gasteiger partial charge >= 0.3 is 0 Å². The van der Waals surface area contributed by atoms with Gasteiger partial charge in [-0.2, -0.15) is 11.8 Å². The van der Waals surface area contributed by atoms with Gasteiger partial charge in [-0.05, 0) is 50.5 Å². The van der Waals surface area contributed by atoms with Gasteiger partial charge in [0.1, 0.15) is 5.82 Å². The normalized spacial score (nSPS) is 24.1. The summed E-state index contributed by atoms with van der Waals surface area (Å²) < 4.78 is 13.1. The molecule has 1 aromatic carbocycles. The highest BCUT2D eigenvalue weighted by Crippen LogP contribution is 2.32. The summed E-state index contributed by atoms with van der Waals surface area (Å²) in [5.41, 5.74) is 7.48. The van der Waals surface area contributed by atoms with Gasteiger partial charge in [0.2, 0.25) is 0 Å². The summed E-state index contributed by atoms with van der Waals surface area (Å²) in [6, 6.07) is 6.69. The largest absolute Gasteiger partial charge is 0.370 e. The Bertz CT molecular complexity index is 596. The molecule has 1 aromatic rings. The van der Waals surface area contributed by atoms with E-state index >= 15 is 0 Å². The molecule has 146 valence electrons. The van der Waals surface area contributed by atoms with Gasteiger partial charge in [-0.1, -0.05) is 0 Å². The molecule has 8 heteroatoms. The Hall–Kier alpha value is -0.740. The number of hydrogen-bond donors (Lipinski definition) is 1. The van der Waals surface area contributed by atoms with Crippen LogP contribution in [-0.2, 0) is 0 Å². The predicted molar refractivity (Wildman–Crippen MR) is 120 cm³/mol. The molecule has 2 saturated heterocycles. The van der Waals surface area contributed by atoms with Crippen molar-refractivity contribution in [3.63, 3.8) is 0 Å². The number of thioether (sulfide) groups is 1. The van der Waals surface area contributed by atoms with Crippen LogP contribution in [0.2, 0.25) is 0 Å². The molecule has 2 N–H and O–H groups in total. The van der Waals surface area contributed by atoms with E-state index in [9.17, 15) is 4.39 Å². The molecule has 1 unspecified atom stereocenters. The maximum atomic E-state index is 13.1. The Labute approximate surface area is 177 Å². The molecule has 0 aliphatic carbocycles. The van der Waals surface area contributed by atoms with Crippen molar-refractivity contribution >= 4 is 47.4 Å². The highest BCUT2D eigenvalue weighted by atomic mass is 127. The first kappa shape index (κ1) is 21.6. The minimum atomic E-state index is -0.196. The van der Waals surface area contributed by atoms with Crippen LogP contribution in [0.1, 0.15) is 6.42 Å². The number of benzene rings is 1. The number of anilines is 1. The molecular formula is C18H29FIN5S.